The highest BCUT2D eigenvalue weighted by Gasteiger charge is 2.60. The summed E-state index contributed by atoms with van der Waals surface area (Å²) in [4.78, 5) is 9.00. The second-order valence-corrected chi connectivity index (χ2v) is 13.3. The van der Waals surface area contributed by atoms with Gasteiger partial charge in [0.2, 0.25) is 5.95 Å². The SMILES string of the molecule is CC(C)CCC[C@@H](C)[C@H]1CC[C@H]2[C@@H]3CC[C@H]4Cc5nc(N)ncc5C[C@]4(C)[C@H]3CC[C@]12C. The lowest BCUT2D eigenvalue weighted by Crippen LogP contribution is -2.54. The van der Waals surface area contributed by atoms with Crippen molar-refractivity contribution in [3.05, 3.63) is 17.5 Å². The van der Waals surface area contributed by atoms with Gasteiger partial charge in [0, 0.05) is 11.9 Å². The van der Waals surface area contributed by atoms with E-state index in [1.807, 2.05) is 6.20 Å². The van der Waals surface area contributed by atoms with E-state index < -0.39 is 0 Å². The quantitative estimate of drug-likeness (QED) is 0.534. The molecule has 0 unspecified atom stereocenters. The van der Waals surface area contributed by atoms with E-state index in [-0.39, 0.29) is 0 Å². The van der Waals surface area contributed by atoms with Gasteiger partial charge in [-0.3, -0.25) is 0 Å². The minimum absolute atomic E-state index is 0.428. The third-order valence-electron chi connectivity index (χ3n) is 11.3. The van der Waals surface area contributed by atoms with Crippen molar-refractivity contribution in [2.45, 2.75) is 105 Å². The molecule has 0 spiro atoms. The molecule has 3 saturated carbocycles. The van der Waals surface area contributed by atoms with Crippen LogP contribution in [-0.2, 0) is 12.8 Å². The van der Waals surface area contributed by atoms with E-state index in [1.165, 1.54) is 75.5 Å². The summed E-state index contributed by atoms with van der Waals surface area (Å²) in [7, 11) is 0. The Labute approximate surface area is 196 Å². The lowest BCUT2D eigenvalue weighted by molar-refractivity contribution is -0.103. The van der Waals surface area contributed by atoms with E-state index in [0.717, 1.165) is 47.8 Å². The van der Waals surface area contributed by atoms with Gasteiger partial charge in [0.25, 0.3) is 0 Å². The molecule has 0 aliphatic heterocycles. The van der Waals surface area contributed by atoms with E-state index in [9.17, 15) is 0 Å². The van der Waals surface area contributed by atoms with Crippen LogP contribution in [-0.4, -0.2) is 9.97 Å². The number of nitrogens with two attached hydrogens (primary N) is 1. The highest BCUT2D eigenvalue weighted by molar-refractivity contribution is 5.30. The molecule has 0 amide bonds. The number of anilines is 1. The third-order valence-corrected chi connectivity index (χ3v) is 11.3. The monoisotopic (exact) mass is 437 g/mol. The molecule has 0 aromatic carbocycles. The minimum atomic E-state index is 0.428. The number of nitrogen functional groups attached to an aromatic ring is 1. The van der Waals surface area contributed by atoms with Gasteiger partial charge >= 0.3 is 0 Å². The largest absolute Gasteiger partial charge is 0.368 e. The number of hydrogen-bond acceptors (Lipinski definition) is 3. The number of aromatic nitrogens is 2. The predicted octanol–water partition coefficient (Wildman–Crippen LogP) is 7.09. The highest BCUT2D eigenvalue weighted by atomic mass is 15.0. The van der Waals surface area contributed by atoms with Gasteiger partial charge in [-0.25, -0.2) is 9.97 Å². The fourth-order valence-corrected chi connectivity index (χ4v) is 9.60. The zero-order chi connectivity index (χ0) is 22.7. The van der Waals surface area contributed by atoms with E-state index in [2.05, 4.69) is 44.6 Å². The maximum Gasteiger partial charge on any atom is 0.220 e. The summed E-state index contributed by atoms with van der Waals surface area (Å²) in [6.07, 6.45) is 17.4. The lowest BCUT2D eigenvalue weighted by Gasteiger charge is -2.60. The van der Waals surface area contributed by atoms with Crippen LogP contribution in [0.25, 0.3) is 0 Å². The molecular formula is C29H47N3. The number of hydrogen-bond donors (Lipinski definition) is 1. The van der Waals surface area contributed by atoms with Crippen LogP contribution in [0.3, 0.4) is 0 Å². The van der Waals surface area contributed by atoms with Crippen LogP contribution in [0.1, 0.15) is 104 Å². The Balaban J connectivity index is 1.34. The lowest BCUT2D eigenvalue weighted by atomic mass is 9.44. The zero-order valence-corrected chi connectivity index (χ0v) is 21.4. The van der Waals surface area contributed by atoms with E-state index in [0.29, 0.717) is 16.8 Å². The molecule has 3 heteroatoms. The average Bonchev–Trinajstić information content (AvgIpc) is 3.09. The van der Waals surface area contributed by atoms with Gasteiger partial charge in [0.1, 0.15) is 0 Å². The zero-order valence-electron chi connectivity index (χ0n) is 21.4. The summed E-state index contributed by atoms with van der Waals surface area (Å²) in [5, 5.41) is 0. The number of fused-ring (bicyclic) bond motifs is 6. The molecule has 8 atom stereocenters. The van der Waals surface area contributed by atoms with Gasteiger partial charge in [0.05, 0.1) is 0 Å². The maximum atomic E-state index is 5.92. The summed E-state index contributed by atoms with van der Waals surface area (Å²) in [5.41, 5.74) is 9.57. The van der Waals surface area contributed by atoms with Crippen molar-refractivity contribution in [1.29, 1.82) is 0 Å². The first-order valence-corrected chi connectivity index (χ1v) is 13.8. The Kier molecular flexibility index (Phi) is 5.86. The fraction of sp³-hybridized carbons (Fsp3) is 0.862. The van der Waals surface area contributed by atoms with Gasteiger partial charge in [-0.1, -0.05) is 53.9 Å². The van der Waals surface area contributed by atoms with Crippen LogP contribution in [0, 0.1) is 52.3 Å². The fourth-order valence-electron chi connectivity index (χ4n) is 9.60. The van der Waals surface area contributed by atoms with Gasteiger partial charge in [-0.15, -0.1) is 0 Å². The summed E-state index contributed by atoms with van der Waals surface area (Å²) in [6, 6.07) is 0. The van der Waals surface area contributed by atoms with Crippen LogP contribution >= 0.6 is 0 Å². The number of rotatable bonds is 5. The maximum absolute atomic E-state index is 5.92. The predicted molar refractivity (Wildman–Crippen MR) is 133 cm³/mol. The molecule has 2 N–H and O–H groups in total. The molecule has 178 valence electrons. The minimum Gasteiger partial charge on any atom is -0.368 e. The molecule has 3 fully saturated rings. The smallest absolute Gasteiger partial charge is 0.220 e. The molecule has 32 heavy (non-hydrogen) atoms. The Morgan fingerprint density at radius 3 is 2.56 bits per heavy atom. The summed E-state index contributed by atoms with van der Waals surface area (Å²) >= 11 is 0. The van der Waals surface area contributed by atoms with Crippen LogP contribution < -0.4 is 5.73 Å². The Hall–Kier alpha value is -1.12. The summed E-state index contributed by atoms with van der Waals surface area (Å²) in [5.74, 6) is 6.73. The van der Waals surface area contributed by atoms with E-state index in [4.69, 9.17) is 5.73 Å². The standard InChI is InChI=1S/C29H47N3/c1-18(2)7-6-8-19(3)23-11-12-24-22-10-9-21-15-26-20(17-31-27(30)32-26)16-29(21,5)25(22)13-14-28(23,24)4/h17-19,21-25H,6-16H2,1-5H3,(H2,30,31,32)/t19-,21+,22+,23-,24+,25+,28-,29+/m1/s1. The van der Waals surface area contributed by atoms with Crippen molar-refractivity contribution in [2.24, 2.45) is 52.3 Å². The molecule has 1 aromatic heterocycles. The molecule has 0 saturated heterocycles. The molecule has 1 heterocycles. The molecule has 0 bridgehead atoms. The molecule has 0 radical (unpaired) electrons. The second-order valence-electron chi connectivity index (χ2n) is 13.3. The molecular weight excluding hydrogens is 390 g/mol. The van der Waals surface area contributed by atoms with Gasteiger partial charge in [-0.2, -0.15) is 0 Å². The normalized spacial score (nSPS) is 41.5. The highest BCUT2D eigenvalue weighted by Crippen LogP contribution is 2.67. The first kappa shape index (κ1) is 22.7. The third kappa shape index (κ3) is 3.61. The Bertz CT molecular complexity index is 834. The molecule has 1 aromatic rings. The first-order chi connectivity index (χ1) is 15.2. The van der Waals surface area contributed by atoms with Crippen LogP contribution in [0.5, 0.6) is 0 Å². The van der Waals surface area contributed by atoms with E-state index >= 15 is 0 Å². The van der Waals surface area contributed by atoms with Crippen molar-refractivity contribution in [2.75, 3.05) is 5.73 Å². The summed E-state index contributed by atoms with van der Waals surface area (Å²) in [6.45, 7) is 12.7. The van der Waals surface area contributed by atoms with Gasteiger partial charge in [0.15, 0.2) is 0 Å². The molecule has 3 nitrogen and oxygen atoms in total. The van der Waals surface area contributed by atoms with Crippen LogP contribution in [0.2, 0.25) is 0 Å². The van der Waals surface area contributed by atoms with Crippen LogP contribution in [0.15, 0.2) is 6.20 Å². The topological polar surface area (TPSA) is 51.8 Å². The van der Waals surface area contributed by atoms with Gasteiger partial charge in [-0.05, 0) is 109 Å². The van der Waals surface area contributed by atoms with Gasteiger partial charge < -0.3 is 5.73 Å². The van der Waals surface area contributed by atoms with Crippen molar-refractivity contribution in [3.8, 4) is 0 Å². The van der Waals surface area contributed by atoms with Crippen molar-refractivity contribution >= 4 is 5.95 Å². The molecule has 4 aliphatic rings. The van der Waals surface area contributed by atoms with Crippen molar-refractivity contribution < 1.29 is 0 Å². The molecule has 4 aliphatic carbocycles. The second kappa shape index (κ2) is 8.27. The van der Waals surface area contributed by atoms with Crippen molar-refractivity contribution in [1.82, 2.24) is 9.97 Å². The number of nitrogens with zero attached hydrogens (tertiary/aromatic N) is 2. The average molecular weight is 438 g/mol. The van der Waals surface area contributed by atoms with Crippen LogP contribution in [0.4, 0.5) is 5.95 Å². The van der Waals surface area contributed by atoms with E-state index in [1.54, 1.807) is 0 Å². The summed E-state index contributed by atoms with van der Waals surface area (Å²) < 4.78 is 0. The van der Waals surface area contributed by atoms with Crippen molar-refractivity contribution in [3.63, 3.8) is 0 Å². The Morgan fingerprint density at radius 2 is 1.78 bits per heavy atom. The molecule has 5 rings (SSSR count). The Morgan fingerprint density at radius 1 is 1.00 bits per heavy atom. The first-order valence-electron chi connectivity index (χ1n) is 13.8.